The predicted octanol–water partition coefficient (Wildman–Crippen LogP) is 3.38. The molecule has 100 valence electrons. The molecule has 1 N–H and O–H groups in total. The van der Waals surface area contributed by atoms with Crippen LogP contribution >= 0.6 is 11.6 Å². The first kappa shape index (κ1) is 13.5. The average molecular weight is 282 g/mol. The smallest absolute Gasteiger partial charge is 0.187 e. The number of anilines is 1. The van der Waals surface area contributed by atoms with Crippen molar-refractivity contribution in [2.75, 3.05) is 19.0 Å². The van der Waals surface area contributed by atoms with E-state index in [0.29, 0.717) is 29.4 Å². The van der Waals surface area contributed by atoms with Crippen LogP contribution in [0, 0.1) is 5.82 Å². The van der Waals surface area contributed by atoms with Crippen LogP contribution in [0.4, 0.5) is 10.2 Å². The van der Waals surface area contributed by atoms with E-state index in [2.05, 4.69) is 15.3 Å². The number of benzene rings is 1. The normalized spacial score (nSPS) is 10.3. The molecule has 0 saturated heterocycles. The summed E-state index contributed by atoms with van der Waals surface area (Å²) < 4.78 is 18.4. The Labute approximate surface area is 115 Å². The lowest BCUT2D eigenvalue weighted by atomic mass is 10.1. The van der Waals surface area contributed by atoms with Crippen LogP contribution in [0.1, 0.15) is 6.92 Å². The molecule has 1 heterocycles. The molecule has 0 unspecified atom stereocenters. The average Bonchev–Trinajstić information content (AvgIpc) is 2.39. The standard InChI is InChI=1S/C13H13ClFN3O/c1-3-16-13-12(19-2)11(17-7-18-13)9-5-4-8(15)6-10(9)14/h4-7H,3H2,1-2H3,(H,16,17,18). The van der Waals surface area contributed by atoms with Crippen LogP contribution in [0.5, 0.6) is 5.75 Å². The maximum Gasteiger partial charge on any atom is 0.187 e. The third-order valence-corrected chi connectivity index (χ3v) is 2.85. The van der Waals surface area contributed by atoms with Gasteiger partial charge < -0.3 is 10.1 Å². The minimum Gasteiger partial charge on any atom is -0.491 e. The van der Waals surface area contributed by atoms with Crippen molar-refractivity contribution in [1.82, 2.24) is 9.97 Å². The number of rotatable bonds is 4. The SMILES string of the molecule is CCNc1ncnc(-c2ccc(F)cc2Cl)c1OC. The van der Waals surface area contributed by atoms with E-state index < -0.39 is 5.82 Å². The largest absolute Gasteiger partial charge is 0.491 e. The Morgan fingerprint density at radius 1 is 1.37 bits per heavy atom. The molecular formula is C13H13ClFN3O. The van der Waals surface area contributed by atoms with Gasteiger partial charge in [0.05, 0.1) is 12.1 Å². The van der Waals surface area contributed by atoms with Crippen LogP contribution in [-0.2, 0) is 0 Å². The van der Waals surface area contributed by atoms with Gasteiger partial charge in [0, 0.05) is 12.1 Å². The summed E-state index contributed by atoms with van der Waals surface area (Å²) >= 11 is 6.05. The van der Waals surface area contributed by atoms with Crippen molar-refractivity contribution in [2.45, 2.75) is 6.92 Å². The lowest BCUT2D eigenvalue weighted by Crippen LogP contribution is -2.04. The Hall–Kier alpha value is -1.88. The van der Waals surface area contributed by atoms with E-state index in [-0.39, 0.29) is 5.02 Å². The fraction of sp³-hybridized carbons (Fsp3) is 0.231. The monoisotopic (exact) mass is 281 g/mol. The Balaban J connectivity index is 2.58. The van der Waals surface area contributed by atoms with Gasteiger partial charge in [0.15, 0.2) is 11.6 Å². The van der Waals surface area contributed by atoms with E-state index >= 15 is 0 Å². The van der Waals surface area contributed by atoms with Crippen LogP contribution in [0.2, 0.25) is 5.02 Å². The Kier molecular flexibility index (Phi) is 4.16. The summed E-state index contributed by atoms with van der Waals surface area (Å²) in [5.41, 5.74) is 1.12. The van der Waals surface area contributed by atoms with Crippen molar-refractivity contribution in [3.63, 3.8) is 0 Å². The number of halogens is 2. The van der Waals surface area contributed by atoms with Crippen molar-refractivity contribution < 1.29 is 9.13 Å². The van der Waals surface area contributed by atoms with Gasteiger partial charge in [-0.25, -0.2) is 14.4 Å². The van der Waals surface area contributed by atoms with Gasteiger partial charge >= 0.3 is 0 Å². The lowest BCUT2D eigenvalue weighted by molar-refractivity contribution is 0.414. The molecule has 0 radical (unpaired) electrons. The molecule has 0 bridgehead atoms. The third-order valence-electron chi connectivity index (χ3n) is 2.54. The quantitative estimate of drug-likeness (QED) is 0.933. The molecular weight excluding hydrogens is 269 g/mol. The first-order chi connectivity index (χ1) is 9.17. The molecule has 0 aliphatic carbocycles. The molecule has 1 aromatic carbocycles. The van der Waals surface area contributed by atoms with Gasteiger partial charge in [0.25, 0.3) is 0 Å². The highest BCUT2D eigenvalue weighted by atomic mass is 35.5. The number of hydrogen-bond donors (Lipinski definition) is 1. The molecule has 0 amide bonds. The Morgan fingerprint density at radius 3 is 2.79 bits per heavy atom. The number of nitrogens with zero attached hydrogens (tertiary/aromatic N) is 2. The molecule has 2 aromatic rings. The zero-order valence-corrected chi connectivity index (χ0v) is 11.3. The van der Waals surface area contributed by atoms with Crippen LogP contribution < -0.4 is 10.1 Å². The van der Waals surface area contributed by atoms with Gasteiger partial charge in [0.1, 0.15) is 17.8 Å². The van der Waals surface area contributed by atoms with Crippen molar-refractivity contribution in [2.24, 2.45) is 0 Å². The fourth-order valence-electron chi connectivity index (χ4n) is 1.73. The minimum atomic E-state index is -0.395. The highest BCUT2D eigenvalue weighted by molar-refractivity contribution is 6.33. The molecule has 0 fully saturated rings. The van der Waals surface area contributed by atoms with E-state index in [9.17, 15) is 4.39 Å². The van der Waals surface area contributed by atoms with E-state index in [1.54, 1.807) is 6.07 Å². The Morgan fingerprint density at radius 2 is 2.16 bits per heavy atom. The lowest BCUT2D eigenvalue weighted by Gasteiger charge is -2.13. The van der Waals surface area contributed by atoms with Crippen LogP contribution in [0.15, 0.2) is 24.5 Å². The van der Waals surface area contributed by atoms with Crippen molar-refractivity contribution in [1.29, 1.82) is 0 Å². The third kappa shape index (κ3) is 2.76. The van der Waals surface area contributed by atoms with Gasteiger partial charge in [-0.05, 0) is 25.1 Å². The molecule has 19 heavy (non-hydrogen) atoms. The molecule has 1 aromatic heterocycles. The number of nitrogens with one attached hydrogen (secondary N) is 1. The Bertz CT molecular complexity index is 592. The summed E-state index contributed by atoms with van der Waals surface area (Å²) in [5.74, 6) is 0.668. The molecule has 0 saturated carbocycles. The van der Waals surface area contributed by atoms with Crippen molar-refractivity contribution in [3.05, 3.63) is 35.4 Å². The summed E-state index contributed by atoms with van der Waals surface area (Å²) in [6.45, 7) is 2.65. The highest BCUT2D eigenvalue weighted by Gasteiger charge is 2.16. The maximum atomic E-state index is 13.1. The van der Waals surface area contributed by atoms with E-state index in [0.717, 1.165) is 0 Å². The molecule has 0 aliphatic heterocycles. The van der Waals surface area contributed by atoms with Gasteiger partial charge in [-0.15, -0.1) is 0 Å². The zero-order chi connectivity index (χ0) is 13.8. The summed E-state index contributed by atoms with van der Waals surface area (Å²) in [5, 5.41) is 3.35. The number of methoxy groups -OCH3 is 1. The minimum absolute atomic E-state index is 0.277. The summed E-state index contributed by atoms with van der Waals surface area (Å²) in [7, 11) is 1.53. The highest BCUT2D eigenvalue weighted by Crippen LogP contribution is 2.36. The van der Waals surface area contributed by atoms with Crippen molar-refractivity contribution >= 4 is 17.4 Å². The number of hydrogen-bond acceptors (Lipinski definition) is 4. The molecule has 6 heteroatoms. The van der Waals surface area contributed by atoms with Gasteiger partial charge in [-0.3, -0.25) is 0 Å². The van der Waals surface area contributed by atoms with Crippen LogP contribution in [0.3, 0.4) is 0 Å². The molecule has 0 spiro atoms. The first-order valence-corrected chi connectivity index (χ1v) is 6.13. The van der Waals surface area contributed by atoms with E-state index in [1.807, 2.05) is 6.92 Å². The molecule has 4 nitrogen and oxygen atoms in total. The summed E-state index contributed by atoms with van der Waals surface area (Å²) in [6.07, 6.45) is 1.41. The number of ether oxygens (including phenoxy) is 1. The van der Waals surface area contributed by atoms with Crippen LogP contribution in [-0.4, -0.2) is 23.6 Å². The molecule has 0 aliphatic rings. The topological polar surface area (TPSA) is 47.0 Å². The maximum absolute atomic E-state index is 13.1. The molecule has 0 atom stereocenters. The zero-order valence-electron chi connectivity index (χ0n) is 10.6. The van der Waals surface area contributed by atoms with Crippen LogP contribution in [0.25, 0.3) is 11.3 Å². The second-order valence-electron chi connectivity index (χ2n) is 3.76. The summed E-state index contributed by atoms with van der Waals surface area (Å²) in [6, 6.07) is 4.14. The van der Waals surface area contributed by atoms with Crippen molar-refractivity contribution in [3.8, 4) is 17.0 Å². The van der Waals surface area contributed by atoms with E-state index in [4.69, 9.17) is 16.3 Å². The van der Waals surface area contributed by atoms with Gasteiger partial charge in [-0.2, -0.15) is 0 Å². The first-order valence-electron chi connectivity index (χ1n) is 5.75. The fourth-order valence-corrected chi connectivity index (χ4v) is 1.99. The molecule has 2 rings (SSSR count). The second kappa shape index (κ2) is 5.84. The second-order valence-corrected chi connectivity index (χ2v) is 4.17. The van der Waals surface area contributed by atoms with Gasteiger partial charge in [-0.1, -0.05) is 11.6 Å². The van der Waals surface area contributed by atoms with E-state index in [1.165, 1.54) is 25.6 Å². The number of aromatic nitrogens is 2. The predicted molar refractivity (Wildman–Crippen MR) is 73.2 cm³/mol. The summed E-state index contributed by atoms with van der Waals surface area (Å²) in [4.78, 5) is 8.28. The van der Waals surface area contributed by atoms with Gasteiger partial charge in [0.2, 0.25) is 0 Å².